The molecule has 3 atom stereocenters. The molecule has 1 N–H and O–H groups in total. The van der Waals surface area contributed by atoms with Crippen molar-refractivity contribution < 1.29 is 18.0 Å². The Labute approximate surface area is 146 Å². The Kier molecular flexibility index (Phi) is 4.52. The van der Waals surface area contributed by atoms with E-state index in [9.17, 15) is 18.0 Å². The van der Waals surface area contributed by atoms with E-state index in [2.05, 4.69) is 5.32 Å². The third kappa shape index (κ3) is 3.82. The van der Waals surface area contributed by atoms with Gasteiger partial charge in [-0.25, -0.2) is 8.42 Å². The average Bonchev–Trinajstić information content (AvgIpc) is 3.31. The van der Waals surface area contributed by atoms with Crippen molar-refractivity contribution in [2.75, 3.05) is 23.9 Å². The Morgan fingerprint density at radius 1 is 1.24 bits per heavy atom. The molecule has 0 bridgehead atoms. The molecule has 1 aliphatic carbocycles. The van der Waals surface area contributed by atoms with Crippen LogP contribution in [0.4, 0.5) is 5.69 Å². The predicted molar refractivity (Wildman–Crippen MR) is 91.2 cm³/mol. The van der Waals surface area contributed by atoms with Crippen molar-refractivity contribution in [1.29, 1.82) is 5.26 Å². The van der Waals surface area contributed by atoms with Crippen LogP contribution in [0.25, 0.3) is 0 Å². The van der Waals surface area contributed by atoms with E-state index in [4.69, 9.17) is 5.26 Å². The van der Waals surface area contributed by atoms with E-state index in [1.165, 1.54) is 4.90 Å². The van der Waals surface area contributed by atoms with Gasteiger partial charge in [-0.05, 0) is 37.1 Å². The van der Waals surface area contributed by atoms with E-state index >= 15 is 0 Å². The van der Waals surface area contributed by atoms with Crippen LogP contribution in [0, 0.1) is 23.2 Å². The molecule has 0 aromatic heterocycles. The van der Waals surface area contributed by atoms with Crippen LogP contribution in [-0.2, 0) is 19.4 Å². The second-order valence-electron chi connectivity index (χ2n) is 6.63. The Morgan fingerprint density at radius 2 is 1.92 bits per heavy atom. The van der Waals surface area contributed by atoms with Gasteiger partial charge in [0.1, 0.15) is 0 Å². The number of carbonyl (C=O) groups is 2. The van der Waals surface area contributed by atoms with Gasteiger partial charge in [-0.15, -0.1) is 0 Å². The zero-order valence-electron chi connectivity index (χ0n) is 13.8. The largest absolute Gasteiger partial charge is 0.341 e. The maximum Gasteiger partial charge on any atom is 0.228 e. The van der Waals surface area contributed by atoms with Crippen LogP contribution in [0.2, 0.25) is 0 Å². The second kappa shape index (κ2) is 6.48. The minimum atomic E-state index is -3.05. The third-order valence-electron chi connectivity index (χ3n) is 4.83. The van der Waals surface area contributed by atoms with Gasteiger partial charge in [0.25, 0.3) is 0 Å². The fourth-order valence-corrected chi connectivity index (χ4v) is 4.92. The Bertz CT molecular complexity index is 842. The van der Waals surface area contributed by atoms with Crippen LogP contribution in [0.1, 0.15) is 18.4 Å². The summed E-state index contributed by atoms with van der Waals surface area (Å²) in [6.45, 7) is 0. The SMILES string of the molecule is CN(C(=O)C1CC1C(=O)Nc1ccc(C#N)cc1)C1CCS(=O)(=O)C1. The number of hydrogen-bond donors (Lipinski definition) is 1. The standard InChI is InChI=1S/C17H19N3O4S/c1-20(13-6-7-25(23,24)10-13)17(22)15-8-14(15)16(21)19-12-4-2-11(9-18)3-5-12/h2-5,13-15H,6-8,10H2,1H3,(H,19,21). The zero-order valence-corrected chi connectivity index (χ0v) is 14.6. The third-order valence-corrected chi connectivity index (χ3v) is 6.58. The minimum absolute atomic E-state index is 0.00403. The summed E-state index contributed by atoms with van der Waals surface area (Å²) in [4.78, 5) is 26.2. The summed E-state index contributed by atoms with van der Waals surface area (Å²) in [6, 6.07) is 8.22. The van der Waals surface area contributed by atoms with Crippen molar-refractivity contribution in [2.45, 2.75) is 18.9 Å². The van der Waals surface area contributed by atoms with E-state index in [0.29, 0.717) is 24.1 Å². The number of amides is 2. The molecule has 7 nitrogen and oxygen atoms in total. The van der Waals surface area contributed by atoms with Crippen molar-refractivity contribution in [3.8, 4) is 6.07 Å². The smallest absolute Gasteiger partial charge is 0.228 e. The highest BCUT2D eigenvalue weighted by atomic mass is 32.2. The van der Waals surface area contributed by atoms with Crippen LogP contribution in [-0.4, -0.2) is 49.7 Å². The quantitative estimate of drug-likeness (QED) is 0.853. The monoisotopic (exact) mass is 361 g/mol. The van der Waals surface area contributed by atoms with Crippen LogP contribution in [0.3, 0.4) is 0 Å². The molecular formula is C17H19N3O4S. The first-order valence-corrected chi connectivity index (χ1v) is 9.91. The van der Waals surface area contributed by atoms with Gasteiger partial charge in [0.2, 0.25) is 11.8 Å². The molecule has 0 spiro atoms. The summed E-state index contributed by atoms with van der Waals surface area (Å²) in [5.41, 5.74) is 1.09. The molecule has 0 radical (unpaired) electrons. The lowest BCUT2D eigenvalue weighted by molar-refractivity contribution is -0.134. The normalized spacial score (nSPS) is 26.5. The van der Waals surface area contributed by atoms with Gasteiger partial charge in [-0.1, -0.05) is 0 Å². The summed E-state index contributed by atoms with van der Waals surface area (Å²) in [5.74, 6) is -1.04. The van der Waals surface area contributed by atoms with Crippen LogP contribution < -0.4 is 5.32 Å². The topological polar surface area (TPSA) is 107 Å². The number of carbonyl (C=O) groups excluding carboxylic acids is 2. The van der Waals surface area contributed by atoms with E-state index in [1.54, 1.807) is 31.3 Å². The molecule has 132 valence electrons. The predicted octanol–water partition coefficient (Wildman–Crippen LogP) is 0.778. The van der Waals surface area contributed by atoms with E-state index in [0.717, 1.165) is 0 Å². The summed E-state index contributed by atoms with van der Waals surface area (Å²) in [6.07, 6.45) is 0.935. The molecule has 1 aromatic carbocycles. The van der Waals surface area contributed by atoms with Crippen LogP contribution >= 0.6 is 0 Å². The fraction of sp³-hybridized carbons (Fsp3) is 0.471. The fourth-order valence-electron chi connectivity index (χ4n) is 3.14. The van der Waals surface area contributed by atoms with Gasteiger partial charge < -0.3 is 10.2 Å². The van der Waals surface area contributed by atoms with Gasteiger partial charge >= 0.3 is 0 Å². The Hall–Kier alpha value is -2.40. The minimum Gasteiger partial charge on any atom is -0.341 e. The number of hydrogen-bond acceptors (Lipinski definition) is 5. The van der Waals surface area contributed by atoms with Crippen molar-refractivity contribution >= 4 is 27.3 Å². The first-order valence-electron chi connectivity index (χ1n) is 8.09. The average molecular weight is 361 g/mol. The molecule has 2 aliphatic rings. The first-order chi connectivity index (χ1) is 11.8. The highest BCUT2D eigenvalue weighted by molar-refractivity contribution is 7.91. The van der Waals surface area contributed by atoms with E-state index < -0.39 is 9.84 Å². The molecule has 3 rings (SSSR count). The summed E-state index contributed by atoms with van der Waals surface area (Å²) in [7, 11) is -1.44. The van der Waals surface area contributed by atoms with Gasteiger partial charge in [0.15, 0.2) is 9.84 Å². The molecule has 8 heteroatoms. The number of sulfone groups is 1. The van der Waals surface area contributed by atoms with Gasteiger partial charge in [0.05, 0.1) is 35.0 Å². The molecule has 1 aliphatic heterocycles. The molecule has 25 heavy (non-hydrogen) atoms. The molecule has 1 saturated heterocycles. The molecule has 1 heterocycles. The second-order valence-corrected chi connectivity index (χ2v) is 8.86. The van der Waals surface area contributed by atoms with Crippen molar-refractivity contribution in [3.05, 3.63) is 29.8 Å². The maximum atomic E-state index is 12.5. The van der Waals surface area contributed by atoms with Gasteiger partial charge in [-0.2, -0.15) is 5.26 Å². The molecule has 2 amide bonds. The molecule has 1 saturated carbocycles. The molecule has 1 aromatic rings. The van der Waals surface area contributed by atoms with Crippen molar-refractivity contribution in [1.82, 2.24) is 4.90 Å². The summed E-state index contributed by atoms with van der Waals surface area (Å²) < 4.78 is 23.1. The Balaban J connectivity index is 1.55. The molecule has 3 unspecified atom stereocenters. The molecular weight excluding hydrogens is 342 g/mol. The highest BCUT2D eigenvalue weighted by Gasteiger charge is 2.50. The Morgan fingerprint density at radius 3 is 2.48 bits per heavy atom. The van der Waals surface area contributed by atoms with Crippen molar-refractivity contribution in [2.24, 2.45) is 11.8 Å². The number of nitrogens with one attached hydrogen (secondary N) is 1. The number of nitrogens with zero attached hydrogens (tertiary/aromatic N) is 2. The maximum absolute atomic E-state index is 12.5. The lowest BCUT2D eigenvalue weighted by Crippen LogP contribution is -2.39. The van der Waals surface area contributed by atoms with E-state index in [-0.39, 0.29) is 41.2 Å². The van der Waals surface area contributed by atoms with Gasteiger partial charge in [0, 0.05) is 18.8 Å². The number of rotatable bonds is 4. The van der Waals surface area contributed by atoms with Crippen LogP contribution in [0.15, 0.2) is 24.3 Å². The first kappa shape index (κ1) is 17.4. The lowest BCUT2D eigenvalue weighted by atomic mass is 10.2. The van der Waals surface area contributed by atoms with E-state index in [1.807, 2.05) is 6.07 Å². The van der Waals surface area contributed by atoms with Gasteiger partial charge in [-0.3, -0.25) is 9.59 Å². The zero-order chi connectivity index (χ0) is 18.2. The number of nitriles is 1. The van der Waals surface area contributed by atoms with Crippen molar-refractivity contribution in [3.63, 3.8) is 0 Å². The summed E-state index contributed by atoms with van der Waals surface area (Å²) >= 11 is 0. The lowest BCUT2D eigenvalue weighted by Gasteiger charge is -2.23. The highest BCUT2D eigenvalue weighted by Crippen LogP contribution is 2.41. The molecule has 2 fully saturated rings. The van der Waals surface area contributed by atoms with Crippen LogP contribution in [0.5, 0.6) is 0 Å². The number of anilines is 1. The number of benzene rings is 1. The summed E-state index contributed by atoms with van der Waals surface area (Å²) in [5, 5.41) is 11.5.